The average Bonchev–Trinajstić information content (AvgIpc) is 2.60. The van der Waals surface area contributed by atoms with E-state index in [0.29, 0.717) is 17.2 Å². The summed E-state index contributed by atoms with van der Waals surface area (Å²) < 4.78 is 0. The Morgan fingerprint density at radius 2 is 1.92 bits per heavy atom. The molecule has 2 aromatic rings. The van der Waals surface area contributed by atoms with Crippen molar-refractivity contribution in [2.75, 3.05) is 5.32 Å². The number of hydrogen-bond acceptors (Lipinski definition) is 4. The van der Waals surface area contributed by atoms with Crippen molar-refractivity contribution < 1.29 is 9.59 Å². The Morgan fingerprint density at radius 1 is 1.16 bits per heavy atom. The minimum Gasteiger partial charge on any atom is -0.325 e. The topological polar surface area (TPSA) is 83.5 Å². The van der Waals surface area contributed by atoms with E-state index in [-0.39, 0.29) is 18.2 Å². The summed E-state index contributed by atoms with van der Waals surface area (Å²) in [4.78, 5) is 28.0. The highest BCUT2D eigenvalue weighted by atomic mass is 16.2. The fourth-order valence-corrected chi connectivity index (χ4v) is 2.29. The highest BCUT2D eigenvalue weighted by Gasteiger charge is 2.10. The van der Waals surface area contributed by atoms with Crippen LogP contribution in [0.4, 0.5) is 5.69 Å². The number of hydrogen-bond donors (Lipinski definition) is 2. The van der Waals surface area contributed by atoms with Crippen LogP contribution in [0.2, 0.25) is 0 Å². The third-order valence-corrected chi connectivity index (χ3v) is 3.55. The Kier molecular flexibility index (Phi) is 6.39. The minimum atomic E-state index is -0.363. The van der Waals surface area contributed by atoms with Crippen molar-refractivity contribution in [1.82, 2.24) is 10.4 Å². The van der Waals surface area contributed by atoms with E-state index in [9.17, 15) is 9.59 Å². The molecule has 1 heterocycles. The molecule has 6 nitrogen and oxygen atoms in total. The highest BCUT2D eigenvalue weighted by Crippen LogP contribution is 2.23. The lowest BCUT2D eigenvalue weighted by Gasteiger charge is -2.13. The van der Waals surface area contributed by atoms with Crippen LogP contribution in [0, 0.1) is 0 Å². The number of benzene rings is 1. The van der Waals surface area contributed by atoms with Gasteiger partial charge in [0.25, 0.3) is 5.91 Å². The second-order valence-electron chi connectivity index (χ2n) is 6.00. The number of amides is 2. The monoisotopic (exact) mass is 338 g/mol. The SMILES string of the molecule is C/C(CC(=O)Nc1ccccc1C(C)C)=N\NC(=O)c1cccnc1. The van der Waals surface area contributed by atoms with Gasteiger partial charge in [-0.25, -0.2) is 5.43 Å². The van der Waals surface area contributed by atoms with Crippen molar-refractivity contribution in [2.24, 2.45) is 5.10 Å². The lowest BCUT2D eigenvalue weighted by atomic mass is 10.0. The smallest absolute Gasteiger partial charge is 0.272 e. The highest BCUT2D eigenvalue weighted by molar-refractivity contribution is 6.06. The summed E-state index contributed by atoms with van der Waals surface area (Å²) in [6.45, 7) is 5.84. The second kappa shape index (κ2) is 8.73. The first-order valence-corrected chi connectivity index (χ1v) is 8.09. The zero-order chi connectivity index (χ0) is 18.2. The molecule has 0 aliphatic carbocycles. The van der Waals surface area contributed by atoms with Crippen molar-refractivity contribution in [2.45, 2.75) is 33.1 Å². The van der Waals surface area contributed by atoms with Crippen LogP contribution in [0.3, 0.4) is 0 Å². The molecule has 2 rings (SSSR count). The molecule has 0 unspecified atom stereocenters. The quantitative estimate of drug-likeness (QED) is 0.626. The first-order valence-electron chi connectivity index (χ1n) is 8.09. The van der Waals surface area contributed by atoms with Gasteiger partial charge < -0.3 is 5.32 Å². The lowest BCUT2D eigenvalue weighted by molar-refractivity contribution is -0.115. The number of rotatable bonds is 6. The van der Waals surface area contributed by atoms with Crippen LogP contribution in [0.15, 0.2) is 53.9 Å². The zero-order valence-corrected chi connectivity index (χ0v) is 14.6. The zero-order valence-electron chi connectivity index (χ0n) is 14.6. The van der Waals surface area contributed by atoms with Gasteiger partial charge in [-0.1, -0.05) is 32.0 Å². The average molecular weight is 338 g/mol. The van der Waals surface area contributed by atoms with E-state index in [2.05, 4.69) is 34.7 Å². The lowest BCUT2D eigenvalue weighted by Crippen LogP contribution is -2.21. The van der Waals surface area contributed by atoms with Gasteiger partial charge in [0.15, 0.2) is 0 Å². The molecule has 25 heavy (non-hydrogen) atoms. The van der Waals surface area contributed by atoms with Crippen molar-refractivity contribution in [3.63, 3.8) is 0 Å². The van der Waals surface area contributed by atoms with Gasteiger partial charge in [-0.2, -0.15) is 5.10 Å². The maximum Gasteiger partial charge on any atom is 0.272 e. The molecule has 0 aliphatic rings. The summed E-state index contributed by atoms with van der Waals surface area (Å²) in [7, 11) is 0. The maximum atomic E-state index is 12.2. The second-order valence-corrected chi connectivity index (χ2v) is 6.00. The molecule has 0 saturated heterocycles. The summed E-state index contributed by atoms with van der Waals surface area (Å²) in [5.41, 5.74) is 5.23. The first kappa shape index (κ1) is 18.3. The number of aromatic nitrogens is 1. The normalized spacial score (nSPS) is 11.3. The number of pyridine rings is 1. The minimum absolute atomic E-state index is 0.0970. The summed E-state index contributed by atoms with van der Waals surface area (Å²) in [6.07, 6.45) is 3.14. The summed E-state index contributed by atoms with van der Waals surface area (Å²) in [5, 5.41) is 6.87. The van der Waals surface area contributed by atoms with E-state index in [4.69, 9.17) is 0 Å². The van der Waals surface area contributed by atoms with Gasteiger partial charge in [-0.15, -0.1) is 0 Å². The molecule has 0 saturated carbocycles. The van der Waals surface area contributed by atoms with Crippen molar-refractivity contribution >= 4 is 23.2 Å². The Hall–Kier alpha value is -3.02. The van der Waals surface area contributed by atoms with Crippen LogP contribution in [0.25, 0.3) is 0 Å². The maximum absolute atomic E-state index is 12.2. The van der Waals surface area contributed by atoms with Gasteiger partial charge in [0, 0.05) is 23.8 Å². The van der Waals surface area contributed by atoms with E-state index >= 15 is 0 Å². The Balaban J connectivity index is 1.93. The van der Waals surface area contributed by atoms with Gasteiger partial charge in [0.2, 0.25) is 5.91 Å². The van der Waals surface area contributed by atoms with E-state index in [0.717, 1.165) is 11.3 Å². The molecule has 0 spiro atoms. The molecule has 0 bridgehead atoms. The van der Waals surface area contributed by atoms with Gasteiger partial charge >= 0.3 is 0 Å². The summed E-state index contributed by atoms with van der Waals surface area (Å²) >= 11 is 0. The molecule has 0 radical (unpaired) electrons. The number of anilines is 1. The molecule has 2 N–H and O–H groups in total. The number of para-hydroxylation sites is 1. The van der Waals surface area contributed by atoms with Crippen molar-refractivity contribution in [1.29, 1.82) is 0 Å². The number of nitrogens with one attached hydrogen (secondary N) is 2. The fourth-order valence-electron chi connectivity index (χ4n) is 2.29. The molecule has 2 amide bonds. The standard InChI is InChI=1S/C19H22N4O2/c1-13(2)16-8-4-5-9-17(16)21-18(24)11-14(3)22-23-19(25)15-7-6-10-20-12-15/h4-10,12-13H,11H2,1-3H3,(H,21,24)(H,23,25)/b22-14+. The van der Waals surface area contributed by atoms with E-state index < -0.39 is 0 Å². The molecule has 0 aliphatic heterocycles. The Morgan fingerprint density at radius 3 is 2.60 bits per heavy atom. The molecule has 1 aromatic carbocycles. The third kappa shape index (κ3) is 5.53. The predicted molar refractivity (Wildman–Crippen MR) is 98.6 cm³/mol. The largest absolute Gasteiger partial charge is 0.325 e. The molecule has 6 heteroatoms. The van der Waals surface area contributed by atoms with Crippen LogP contribution in [0.5, 0.6) is 0 Å². The number of carbonyl (C=O) groups excluding carboxylic acids is 2. The van der Waals surface area contributed by atoms with Crippen molar-refractivity contribution in [3.8, 4) is 0 Å². The van der Waals surface area contributed by atoms with Crippen LogP contribution in [0.1, 0.15) is 49.0 Å². The first-order chi connectivity index (χ1) is 12.0. The Labute approximate surface area is 147 Å². The van der Waals surface area contributed by atoms with E-state index in [1.54, 1.807) is 25.3 Å². The third-order valence-electron chi connectivity index (χ3n) is 3.55. The number of hydrazone groups is 1. The van der Waals surface area contributed by atoms with E-state index in [1.807, 2.05) is 24.3 Å². The summed E-state index contributed by atoms with van der Waals surface area (Å²) in [6, 6.07) is 11.0. The van der Waals surface area contributed by atoms with Crippen molar-refractivity contribution in [3.05, 3.63) is 59.9 Å². The number of carbonyl (C=O) groups is 2. The van der Waals surface area contributed by atoms with Gasteiger partial charge in [0.05, 0.1) is 12.0 Å². The van der Waals surface area contributed by atoms with Crippen LogP contribution in [-0.4, -0.2) is 22.5 Å². The Bertz CT molecular complexity index is 770. The summed E-state index contributed by atoms with van der Waals surface area (Å²) in [5.74, 6) is -0.229. The van der Waals surface area contributed by atoms with E-state index in [1.165, 1.54) is 6.20 Å². The molecular weight excluding hydrogens is 316 g/mol. The molecule has 0 atom stereocenters. The van der Waals surface area contributed by atoms with Gasteiger partial charge in [-0.05, 0) is 36.6 Å². The van der Waals surface area contributed by atoms with Gasteiger partial charge in [0.1, 0.15) is 0 Å². The van der Waals surface area contributed by atoms with Crippen LogP contribution < -0.4 is 10.7 Å². The fraction of sp³-hybridized carbons (Fsp3) is 0.263. The van der Waals surface area contributed by atoms with Gasteiger partial charge in [-0.3, -0.25) is 14.6 Å². The molecule has 0 fully saturated rings. The number of nitrogens with zero attached hydrogens (tertiary/aromatic N) is 2. The van der Waals surface area contributed by atoms with Crippen LogP contribution >= 0.6 is 0 Å². The molecule has 130 valence electrons. The van der Waals surface area contributed by atoms with Crippen LogP contribution in [-0.2, 0) is 4.79 Å². The predicted octanol–water partition coefficient (Wildman–Crippen LogP) is 3.34. The molecular formula is C19H22N4O2. The molecule has 1 aromatic heterocycles.